The first kappa shape index (κ1) is 14.8. The molecule has 20 heavy (non-hydrogen) atoms. The number of alkyl halides is 3. The van der Waals surface area contributed by atoms with Gasteiger partial charge < -0.3 is 16.4 Å². The maximum absolute atomic E-state index is 12.8. The highest BCUT2D eigenvalue weighted by Crippen LogP contribution is 2.32. The average molecular weight is 287 g/mol. The topological polar surface area (TPSA) is 67.1 Å². The zero-order valence-electron chi connectivity index (χ0n) is 10.8. The predicted octanol–water partition coefficient (Wildman–Crippen LogP) is 1.71. The van der Waals surface area contributed by atoms with Crippen LogP contribution >= 0.6 is 0 Å². The quantitative estimate of drug-likeness (QED) is 0.793. The molecular weight excluding hydrogens is 271 g/mol. The third-order valence-electron chi connectivity index (χ3n) is 3.25. The minimum Gasteiger partial charge on any atom is -0.326 e. The Morgan fingerprint density at radius 3 is 2.70 bits per heavy atom. The summed E-state index contributed by atoms with van der Waals surface area (Å²) in [5.74, 6) is -0.469. The van der Waals surface area contributed by atoms with Crippen molar-refractivity contribution in [3.63, 3.8) is 0 Å². The van der Waals surface area contributed by atoms with Crippen LogP contribution in [0.2, 0.25) is 0 Å². The van der Waals surface area contributed by atoms with Crippen LogP contribution in [0.5, 0.6) is 0 Å². The van der Waals surface area contributed by atoms with Crippen LogP contribution in [-0.2, 0) is 17.5 Å². The van der Waals surface area contributed by atoms with Crippen LogP contribution in [-0.4, -0.2) is 19.0 Å². The van der Waals surface area contributed by atoms with E-state index in [0.29, 0.717) is 18.5 Å². The number of amides is 1. The molecule has 0 radical (unpaired) electrons. The monoisotopic (exact) mass is 287 g/mol. The van der Waals surface area contributed by atoms with E-state index in [9.17, 15) is 18.0 Å². The van der Waals surface area contributed by atoms with Gasteiger partial charge in [0.15, 0.2) is 0 Å². The number of rotatable bonds is 3. The zero-order chi connectivity index (χ0) is 14.8. The van der Waals surface area contributed by atoms with Crippen molar-refractivity contribution in [3.8, 4) is 0 Å². The number of nitrogens with two attached hydrogens (primary N) is 1. The maximum atomic E-state index is 12.8. The molecule has 1 aromatic rings. The Morgan fingerprint density at radius 1 is 1.40 bits per heavy atom. The molecule has 1 aliphatic heterocycles. The van der Waals surface area contributed by atoms with Crippen LogP contribution in [0.25, 0.3) is 0 Å². The molecule has 1 saturated heterocycles. The molecule has 4 nitrogen and oxygen atoms in total. The van der Waals surface area contributed by atoms with Crippen molar-refractivity contribution < 1.29 is 18.0 Å². The Labute approximate surface area is 114 Å². The smallest absolute Gasteiger partial charge is 0.326 e. The summed E-state index contributed by atoms with van der Waals surface area (Å²) >= 11 is 0. The normalized spacial score (nSPS) is 19.1. The standard InChI is InChI=1S/C13H16F3N3O/c14-13(15,16)10-3-8(6-17)4-11(5-10)19-12(20)9-1-2-18-7-9/h3-5,9,18H,1-2,6-7,17H2,(H,19,20). The van der Waals surface area contributed by atoms with Gasteiger partial charge in [-0.05, 0) is 36.7 Å². The molecule has 1 aliphatic rings. The lowest BCUT2D eigenvalue weighted by atomic mass is 10.1. The number of carbonyl (C=O) groups excluding carboxylic acids is 1. The van der Waals surface area contributed by atoms with Gasteiger partial charge in [0.2, 0.25) is 5.91 Å². The Bertz CT molecular complexity index is 496. The summed E-state index contributed by atoms with van der Waals surface area (Å²) in [6, 6.07) is 3.39. The summed E-state index contributed by atoms with van der Waals surface area (Å²) in [6.45, 7) is 1.28. The fourth-order valence-electron chi connectivity index (χ4n) is 2.17. The molecule has 1 amide bonds. The average Bonchev–Trinajstić information content (AvgIpc) is 2.91. The molecule has 0 aliphatic carbocycles. The second kappa shape index (κ2) is 5.80. The molecule has 1 heterocycles. The van der Waals surface area contributed by atoms with Gasteiger partial charge in [-0.2, -0.15) is 13.2 Å². The summed E-state index contributed by atoms with van der Waals surface area (Å²) in [4.78, 5) is 11.9. The van der Waals surface area contributed by atoms with Crippen LogP contribution in [0.4, 0.5) is 18.9 Å². The fraction of sp³-hybridized carbons (Fsp3) is 0.462. The second-order valence-electron chi connectivity index (χ2n) is 4.80. The summed E-state index contributed by atoms with van der Waals surface area (Å²) < 4.78 is 38.3. The Balaban J connectivity index is 2.20. The third-order valence-corrected chi connectivity index (χ3v) is 3.25. The van der Waals surface area contributed by atoms with Gasteiger partial charge in [0, 0.05) is 18.8 Å². The molecule has 1 fully saturated rings. The van der Waals surface area contributed by atoms with Crippen molar-refractivity contribution in [3.05, 3.63) is 29.3 Å². The van der Waals surface area contributed by atoms with Gasteiger partial charge in [0.25, 0.3) is 0 Å². The van der Waals surface area contributed by atoms with E-state index in [2.05, 4.69) is 10.6 Å². The number of nitrogens with one attached hydrogen (secondary N) is 2. The summed E-state index contributed by atoms with van der Waals surface area (Å²) in [5.41, 5.74) is 5.06. The lowest BCUT2D eigenvalue weighted by Crippen LogP contribution is -2.25. The van der Waals surface area contributed by atoms with E-state index in [1.807, 2.05) is 0 Å². The van der Waals surface area contributed by atoms with Crippen molar-refractivity contribution in [1.29, 1.82) is 0 Å². The van der Waals surface area contributed by atoms with E-state index >= 15 is 0 Å². The summed E-state index contributed by atoms with van der Waals surface area (Å²) in [6.07, 6.45) is -3.77. The van der Waals surface area contributed by atoms with Crippen molar-refractivity contribution in [2.45, 2.75) is 19.1 Å². The van der Waals surface area contributed by atoms with Crippen LogP contribution in [0.15, 0.2) is 18.2 Å². The van der Waals surface area contributed by atoms with Gasteiger partial charge in [-0.1, -0.05) is 0 Å². The van der Waals surface area contributed by atoms with Crippen LogP contribution in [0.3, 0.4) is 0 Å². The van der Waals surface area contributed by atoms with Crippen molar-refractivity contribution in [2.75, 3.05) is 18.4 Å². The minimum absolute atomic E-state index is 0.0161. The Hall–Kier alpha value is -1.60. The van der Waals surface area contributed by atoms with Crippen molar-refractivity contribution in [2.24, 2.45) is 11.7 Å². The van der Waals surface area contributed by atoms with E-state index in [1.54, 1.807) is 0 Å². The fourth-order valence-corrected chi connectivity index (χ4v) is 2.17. The van der Waals surface area contributed by atoms with E-state index in [0.717, 1.165) is 18.7 Å². The van der Waals surface area contributed by atoms with E-state index < -0.39 is 11.7 Å². The van der Waals surface area contributed by atoms with Gasteiger partial charge >= 0.3 is 6.18 Å². The second-order valence-corrected chi connectivity index (χ2v) is 4.80. The van der Waals surface area contributed by atoms with Gasteiger partial charge in [-0.15, -0.1) is 0 Å². The first-order chi connectivity index (χ1) is 9.40. The first-order valence-electron chi connectivity index (χ1n) is 6.33. The summed E-state index contributed by atoms with van der Waals surface area (Å²) in [7, 11) is 0. The molecule has 0 saturated carbocycles. The maximum Gasteiger partial charge on any atom is 0.416 e. The minimum atomic E-state index is -4.46. The third kappa shape index (κ3) is 3.49. The van der Waals surface area contributed by atoms with Crippen LogP contribution in [0, 0.1) is 5.92 Å². The van der Waals surface area contributed by atoms with Crippen molar-refractivity contribution in [1.82, 2.24) is 5.32 Å². The van der Waals surface area contributed by atoms with E-state index in [-0.39, 0.29) is 24.1 Å². The molecular formula is C13H16F3N3O. The number of hydrogen-bond donors (Lipinski definition) is 3. The molecule has 0 spiro atoms. The molecule has 1 atom stereocenters. The number of anilines is 1. The molecule has 4 N–H and O–H groups in total. The summed E-state index contributed by atoms with van der Waals surface area (Å²) in [5, 5.41) is 5.57. The number of halogens is 3. The molecule has 1 unspecified atom stereocenters. The van der Waals surface area contributed by atoms with E-state index in [4.69, 9.17) is 5.73 Å². The molecule has 0 bridgehead atoms. The van der Waals surface area contributed by atoms with Gasteiger partial charge in [-0.3, -0.25) is 4.79 Å². The lowest BCUT2D eigenvalue weighted by Gasteiger charge is -2.14. The van der Waals surface area contributed by atoms with Gasteiger partial charge in [0.05, 0.1) is 11.5 Å². The van der Waals surface area contributed by atoms with Gasteiger partial charge in [-0.25, -0.2) is 0 Å². The van der Waals surface area contributed by atoms with E-state index in [1.165, 1.54) is 6.07 Å². The lowest BCUT2D eigenvalue weighted by molar-refractivity contribution is -0.137. The predicted molar refractivity (Wildman–Crippen MR) is 68.9 cm³/mol. The Kier molecular flexibility index (Phi) is 4.29. The molecule has 7 heteroatoms. The number of hydrogen-bond acceptors (Lipinski definition) is 3. The molecule has 2 rings (SSSR count). The largest absolute Gasteiger partial charge is 0.416 e. The molecule has 0 aromatic heterocycles. The number of benzene rings is 1. The zero-order valence-corrected chi connectivity index (χ0v) is 10.8. The van der Waals surface area contributed by atoms with Crippen molar-refractivity contribution >= 4 is 11.6 Å². The highest BCUT2D eigenvalue weighted by molar-refractivity contribution is 5.93. The number of carbonyl (C=O) groups is 1. The SMILES string of the molecule is NCc1cc(NC(=O)C2CCNC2)cc(C(F)(F)F)c1. The van der Waals surface area contributed by atoms with Gasteiger partial charge in [0.1, 0.15) is 0 Å². The highest BCUT2D eigenvalue weighted by Gasteiger charge is 2.31. The van der Waals surface area contributed by atoms with Crippen LogP contribution < -0.4 is 16.4 Å². The highest BCUT2D eigenvalue weighted by atomic mass is 19.4. The molecule has 110 valence electrons. The molecule has 1 aromatic carbocycles. The van der Waals surface area contributed by atoms with Crippen LogP contribution in [0.1, 0.15) is 17.5 Å². The Morgan fingerprint density at radius 2 is 2.15 bits per heavy atom. The first-order valence-corrected chi connectivity index (χ1v) is 6.33.